The Bertz CT molecular complexity index is 971. The second-order valence-corrected chi connectivity index (χ2v) is 6.90. The predicted molar refractivity (Wildman–Crippen MR) is 102 cm³/mol. The lowest BCUT2D eigenvalue weighted by atomic mass is 10.1. The van der Waals surface area contributed by atoms with Gasteiger partial charge in [-0.3, -0.25) is 14.9 Å². The second kappa shape index (κ2) is 7.19. The van der Waals surface area contributed by atoms with Gasteiger partial charge in [-0.2, -0.15) is 0 Å². The molecule has 0 aliphatic carbocycles. The van der Waals surface area contributed by atoms with Crippen molar-refractivity contribution < 1.29 is 14.8 Å². The van der Waals surface area contributed by atoms with Gasteiger partial charge in [0.1, 0.15) is 0 Å². The van der Waals surface area contributed by atoms with Crippen molar-refractivity contribution in [3.05, 3.63) is 67.6 Å². The number of benzene rings is 2. The van der Waals surface area contributed by atoms with Crippen molar-refractivity contribution in [2.75, 3.05) is 0 Å². The van der Waals surface area contributed by atoms with Crippen LogP contribution in [-0.2, 0) is 4.79 Å². The lowest BCUT2D eigenvalue weighted by Gasteiger charge is -2.02. The number of aliphatic imine (C=N–C) groups is 1. The monoisotopic (exact) mass is 389 g/mol. The van der Waals surface area contributed by atoms with Gasteiger partial charge in [0.05, 0.1) is 15.5 Å². The van der Waals surface area contributed by atoms with Gasteiger partial charge in [0.2, 0.25) is 5.75 Å². The van der Waals surface area contributed by atoms with Crippen molar-refractivity contribution in [2.45, 2.75) is 6.92 Å². The van der Waals surface area contributed by atoms with Crippen LogP contribution in [0.2, 0.25) is 5.02 Å². The predicted octanol–water partition coefficient (Wildman–Crippen LogP) is 4.15. The van der Waals surface area contributed by atoms with Crippen LogP contribution in [0.5, 0.6) is 5.75 Å². The number of aryl methyl sites for hydroxylation is 1. The molecule has 0 bridgehead atoms. The van der Waals surface area contributed by atoms with E-state index < -0.39 is 22.3 Å². The van der Waals surface area contributed by atoms with Gasteiger partial charge < -0.3 is 10.4 Å². The minimum absolute atomic E-state index is 0.0818. The molecule has 1 heterocycles. The average Bonchev–Trinajstić information content (AvgIpc) is 2.92. The summed E-state index contributed by atoms with van der Waals surface area (Å²) in [6.45, 7) is 1.96. The van der Waals surface area contributed by atoms with Crippen LogP contribution < -0.4 is 5.32 Å². The zero-order chi connectivity index (χ0) is 18.8. The number of phenolic OH excluding ortho intramolecular Hbond substituents is 1. The van der Waals surface area contributed by atoms with Crippen molar-refractivity contribution in [1.29, 1.82) is 0 Å². The molecule has 0 spiro atoms. The normalized spacial score (nSPS) is 16.9. The topological polar surface area (TPSA) is 105 Å². The lowest BCUT2D eigenvalue weighted by Crippen LogP contribution is -2.19. The first-order valence-corrected chi connectivity index (χ1v) is 8.56. The third-order valence-electron chi connectivity index (χ3n) is 3.48. The van der Waals surface area contributed by atoms with Crippen molar-refractivity contribution >= 4 is 51.9 Å². The summed E-state index contributed by atoms with van der Waals surface area (Å²) in [7, 11) is 0. The Morgan fingerprint density at radius 2 is 2.00 bits per heavy atom. The Morgan fingerprint density at radius 3 is 2.65 bits per heavy atom. The fourth-order valence-electron chi connectivity index (χ4n) is 2.21. The molecule has 2 N–H and O–H groups in total. The van der Waals surface area contributed by atoms with E-state index in [-0.39, 0.29) is 15.5 Å². The molecular weight excluding hydrogens is 378 g/mol. The number of nitrogens with zero attached hydrogens (tertiary/aromatic N) is 2. The van der Waals surface area contributed by atoms with Crippen LogP contribution in [0, 0.1) is 17.0 Å². The SMILES string of the molecule is Cc1ccc(N=C2NC(=O)/C(=C\c3cc(Cl)cc([N+](=O)[O-])c3O)S2)cc1. The molecule has 26 heavy (non-hydrogen) atoms. The smallest absolute Gasteiger partial charge is 0.312 e. The van der Waals surface area contributed by atoms with E-state index in [2.05, 4.69) is 10.3 Å². The van der Waals surface area contributed by atoms with E-state index in [1.165, 1.54) is 12.1 Å². The van der Waals surface area contributed by atoms with Crippen molar-refractivity contribution in [2.24, 2.45) is 4.99 Å². The van der Waals surface area contributed by atoms with Gasteiger partial charge in [-0.15, -0.1) is 0 Å². The van der Waals surface area contributed by atoms with E-state index in [9.17, 15) is 20.0 Å². The fourth-order valence-corrected chi connectivity index (χ4v) is 3.27. The van der Waals surface area contributed by atoms with E-state index in [0.29, 0.717) is 10.9 Å². The second-order valence-electron chi connectivity index (χ2n) is 5.44. The molecule has 0 aromatic heterocycles. The lowest BCUT2D eigenvalue weighted by molar-refractivity contribution is -0.385. The number of nitro groups is 1. The molecule has 1 aliphatic rings. The summed E-state index contributed by atoms with van der Waals surface area (Å²) in [5.41, 5.74) is 1.33. The Morgan fingerprint density at radius 1 is 1.31 bits per heavy atom. The molecular formula is C17H12ClN3O4S. The standard InChI is InChI=1S/C17H12ClN3O4S/c1-9-2-4-12(5-3-9)19-17-20-16(23)14(26-17)7-10-6-11(18)8-13(15(10)22)21(24)25/h2-8,22H,1H3,(H,19,20,23)/b14-7+. The minimum Gasteiger partial charge on any atom is -0.502 e. The van der Waals surface area contributed by atoms with Crippen molar-refractivity contribution in [1.82, 2.24) is 5.32 Å². The molecule has 1 saturated heterocycles. The molecule has 1 aliphatic heterocycles. The maximum absolute atomic E-state index is 12.1. The van der Waals surface area contributed by atoms with Gasteiger partial charge in [-0.1, -0.05) is 29.3 Å². The molecule has 3 rings (SSSR count). The highest BCUT2D eigenvalue weighted by Crippen LogP contribution is 2.37. The third-order valence-corrected chi connectivity index (χ3v) is 4.61. The maximum atomic E-state index is 12.1. The summed E-state index contributed by atoms with van der Waals surface area (Å²) in [6.07, 6.45) is 1.34. The Kier molecular flexibility index (Phi) is 4.97. The van der Waals surface area contributed by atoms with Gasteiger partial charge >= 0.3 is 5.69 Å². The number of amidine groups is 1. The molecule has 2 aromatic carbocycles. The summed E-state index contributed by atoms with van der Waals surface area (Å²) in [4.78, 5) is 26.9. The molecule has 1 fully saturated rings. The molecule has 7 nitrogen and oxygen atoms in total. The zero-order valence-corrected chi connectivity index (χ0v) is 15.0. The number of carbonyl (C=O) groups excluding carboxylic acids is 1. The zero-order valence-electron chi connectivity index (χ0n) is 13.4. The number of carbonyl (C=O) groups is 1. The first-order valence-electron chi connectivity index (χ1n) is 7.36. The maximum Gasteiger partial charge on any atom is 0.312 e. The van der Waals surface area contributed by atoms with E-state index in [1.807, 2.05) is 31.2 Å². The van der Waals surface area contributed by atoms with Gasteiger partial charge in [0.15, 0.2) is 5.17 Å². The first-order chi connectivity index (χ1) is 12.3. The quantitative estimate of drug-likeness (QED) is 0.466. The van der Waals surface area contributed by atoms with E-state index in [4.69, 9.17) is 11.6 Å². The highest BCUT2D eigenvalue weighted by molar-refractivity contribution is 8.18. The van der Waals surface area contributed by atoms with Gasteiger partial charge in [0, 0.05) is 16.7 Å². The van der Waals surface area contributed by atoms with E-state index in [0.717, 1.165) is 23.4 Å². The molecule has 0 radical (unpaired) electrons. The molecule has 0 saturated carbocycles. The van der Waals surface area contributed by atoms with Crippen LogP contribution in [-0.4, -0.2) is 21.1 Å². The number of halogens is 1. The summed E-state index contributed by atoms with van der Waals surface area (Å²) < 4.78 is 0. The summed E-state index contributed by atoms with van der Waals surface area (Å²) >= 11 is 6.93. The fraction of sp³-hybridized carbons (Fsp3) is 0.0588. The molecule has 9 heteroatoms. The largest absolute Gasteiger partial charge is 0.502 e. The average molecular weight is 390 g/mol. The molecule has 1 amide bonds. The Labute approximate surface area is 157 Å². The van der Waals surface area contributed by atoms with Crippen molar-refractivity contribution in [3.63, 3.8) is 0 Å². The Hall–Kier alpha value is -2.84. The van der Waals surface area contributed by atoms with Crippen LogP contribution in [0.1, 0.15) is 11.1 Å². The number of aromatic hydroxyl groups is 1. The van der Waals surface area contributed by atoms with Gasteiger partial charge in [0.25, 0.3) is 5.91 Å². The van der Waals surface area contributed by atoms with Crippen LogP contribution in [0.25, 0.3) is 6.08 Å². The van der Waals surface area contributed by atoms with E-state index >= 15 is 0 Å². The number of rotatable bonds is 3. The minimum atomic E-state index is -0.741. The highest BCUT2D eigenvalue weighted by atomic mass is 35.5. The molecule has 132 valence electrons. The number of hydrogen-bond acceptors (Lipinski definition) is 6. The number of nitrogens with one attached hydrogen (secondary N) is 1. The number of hydrogen-bond donors (Lipinski definition) is 2. The highest BCUT2D eigenvalue weighted by Gasteiger charge is 2.25. The van der Waals surface area contributed by atoms with Crippen LogP contribution in [0.15, 0.2) is 46.3 Å². The first kappa shape index (κ1) is 18.0. The van der Waals surface area contributed by atoms with Crippen molar-refractivity contribution in [3.8, 4) is 5.75 Å². The Balaban J connectivity index is 1.92. The summed E-state index contributed by atoms with van der Waals surface area (Å²) in [5, 5.41) is 24.1. The summed E-state index contributed by atoms with van der Waals surface area (Å²) in [5.74, 6) is -0.966. The molecule has 0 atom stereocenters. The van der Waals surface area contributed by atoms with Crippen LogP contribution >= 0.6 is 23.4 Å². The van der Waals surface area contributed by atoms with Crippen LogP contribution in [0.4, 0.5) is 11.4 Å². The number of thioether (sulfide) groups is 1. The van der Waals surface area contributed by atoms with E-state index in [1.54, 1.807) is 0 Å². The molecule has 0 unspecified atom stereocenters. The number of phenols is 1. The summed E-state index contributed by atoms with van der Waals surface area (Å²) in [6, 6.07) is 9.85. The number of nitro benzene ring substituents is 1. The third kappa shape index (κ3) is 3.87. The molecule has 2 aromatic rings. The van der Waals surface area contributed by atoms with Gasteiger partial charge in [-0.05, 0) is 43.0 Å². The number of amides is 1. The van der Waals surface area contributed by atoms with Gasteiger partial charge in [-0.25, -0.2) is 4.99 Å². The van der Waals surface area contributed by atoms with Crippen LogP contribution in [0.3, 0.4) is 0 Å².